The molecule has 0 spiro atoms. The SMILES string of the molecule is Cl.NCCC(=O)NCc1ccc(-c2ccc(C(F)(F)F)cc2)cc1. The van der Waals surface area contributed by atoms with E-state index >= 15 is 0 Å². The van der Waals surface area contributed by atoms with E-state index in [9.17, 15) is 18.0 Å². The molecule has 2 aromatic carbocycles. The maximum absolute atomic E-state index is 12.5. The lowest BCUT2D eigenvalue weighted by Gasteiger charge is -2.09. The van der Waals surface area contributed by atoms with Crippen LogP contribution in [0, 0.1) is 0 Å². The van der Waals surface area contributed by atoms with Crippen LogP contribution in [-0.4, -0.2) is 12.5 Å². The molecule has 0 heterocycles. The molecule has 0 saturated carbocycles. The van der Waals surface area contributed by atoms with Crippen molar-refractivity contribution in [2.24, 2.45) is 5.73 Å². The smallest absolute Gasteiger partial charge is 0.352 e. The molecule has 0 radical (unpaired) electrons. The van der Waals surface area contributed by atoms with Gasteiger partial charge in [-0.15, -0.1) is 12.4 Å². The zero-order chi connectivity index (χ0) is 16.9. The molecule has 3 nitrogen and oxygen atoms in total. The first-order chi connectivity index (χ1) is 10.9. The van der Waals surface area contributed by atoms with Crippen molar-refractivity contribution in [3.63, 3.8) is 0 Å². The van der Waals surface area contributed by atoms with Gasteiger partial charge in [0.25, 0.3) is 0 Å². The van der Waals surface area contributed by atoms with E-state index in [1.807, 2.05) is 24.3 Å². The van der Waals surface area contributed by atoms with Gasteiger partial charge in [-0.2, -0.15) is 13.2 Å². The number of hydrogen-bond donors (Lipinski definition) is 2. The van der Waals surface area contributed by atoms with Gasteiger partial charge in [0, 0.05) is 19.5 Å². The number of nitrogens with one attached hydrogen (secondary N) is 1. The normalized spacial score (nSPS) is 10.8. The van der Waals surface area contributed by atoms with Crippen LogP contribution < -0.4 is 11.1 Å². The molecule has 0 unspecified atom stereocenters. The topological polar surface area (TPSA) is 55.1 Å². The van der Waals surface area contributed by atoms with Gasteiger partial charge in [-0.05, 0) is 28.8 Å². The van der Waals surface area contributed by atoms with Gasteiger partial charge in [-0.1, -0.05) is 36.4 Å². The van der Waals surface area contributed by atoms with Crippen LogP contribution in [0.1, 0.15) is 17.5 Å². The Hall–Kier alpha value is -2.05. The Morgan fingerprint density at radius 1 is 0.958 bits per heavy atom. The molecule has 0 aliphatic carbocycles. The predicted octanol–water partition coefficient (Wildman–Crippen LogP) is 3.76. The Kier molecular flexibility index (Phi) is 7.25. The predicted molar refractivity (Wildman–Crippen MR) is 89.6 cm³/mol. The van der Waals surface area contributed by atoms with Gasteiger partial charge in [-0.25, -0.2) is 0 Å². The Bertz CT molecular complexity index is 655. The van der Waals surface area contributed by atoms with Crippen molar-refractivity contribution >= 4 is 18.3 Å². The summed E-state index contributed by atoms with van der Waals surface area (Å²) in [6.07, 6.45) is -4.05. The van der Waals surface area contributed by atoms with Crippen LogP contribution in [0.5, 0.6) is 0 Å². The molecule has 0 aliphatic heterocycles. The first kappa shape index (κ1) is 20.0. The molecule has 24 heavy (non-hydrogen) atoms. The van der Waals surface area contributed by atoms with E-state index in [4.69, 9.17) is 5.73 Å². The van der Waals surface area contributed by atoms with E-state index in [0.29, 0.717) is 18.7 Å². The van der Waals surface area contributed by atoms with Crippen molar-refractivity contribution in [1.29, 1.82) is 0 Å². The maximum Gasteiger partial charge on any atom is 0.416 e. The summed E-state index contributed by atoms with van der Waals surface area (Å²) < 4.78 is 37.6. The van der Waals surface area contributed by atoms with Gasteiger partial charge in [0.1, 0.15) is 0 Å². The highest BCUT2D eigenvalue weighted by atomic mass is 35.5. The molecule has 3 N–H and O–H groups in total. The summed E-state index contributed by atoms with van der Waals surface area (Å²) in [5, 5.41) is 2.74. The summed E-state index contributed by atoms with van der Waals surface area (Å²) in [4.78, 5) is 11.3. The fraction of sp³-hybridized carbons (Fsp3) is 0.235. The van der Waals surface area contributed by atoms with Gasteiger partial charge in [0.05, 0.1) is 5.56 Å². The van der Waals surface area contributed by atoms with E-state index in [0.717, 1.165) is 23.3 Å². The van der Waals surface area contributed by atoms with Gasteiger partial charge in [0.15, 0.2) is 0 Å². The van der Waals surface area contributed by atoms with Crippen molar-refractivity contribution in [2.45, 2.75) is 19.1 Å². The Labute approximate surface area is 144 Å². The number of alkyl halides is 3. The van der Waals surface area contributed by atoms with Crippen LogP contribution in [0.3, 0.4) is 0 Å². The molecule has 0 fully saturated rings. The molecule has 130 valence electrons. The average molecular weight is 359 g/mol. The van der Waals surface area contributed by atoms with E-state index in [1.54, 1.807) is 0 Å². The van der Waals surface area contributed by atoms with Crippen molar-refractivity contribution in [1.82, 2.24) is 5.32 Å². The summed E-state index contributed by atoms with van der Waals surface area (Å²) in [7, 11) is 0. The lowest BCUT2D eigenvalue weighted by atomic mass is 10.0. The fourth-order valence-corrected chi connectivity index (χ4v) is 2.09. The molecular formula is C17H18ClF3N2O. The minimum absolute atomic E-state index is 0. The lowest BCUT2D eigenvalue weighted by molar-refractivity contribution is -0.137. The van der Waals surface area contributed by atoms with Gasteiger partial charge < -0.3 is 11.1 Å². The molecule has 7 heteroatoms. The monoisotopic (exact) mass is 358 g/mol. The minimum atomic E-state index is -4.33. The first-order valence-electron chi connectivity index (χ1n) is 7.13. The number of benzene rings is 2. The molecule has 0 aromatic heterocycles. The Morgan fingerprint density at radius 3 is 1.92 bits per heavy atom. The van der Waals surface area contributed by atoms with Crippen molar-refractivity contribution in [3.8, 4) is 11.1 Å². The molecule has 2 rings (SSSR count). The minimum Gasteiger partial charge on any atom is -0.352 e. The highest BCUT2D eigenvalue weighted by molar-refractivity contribution is 5.85. The number of carbonyl (C=O) groups is 1. The van der Waals surface area contributed by atoms with Crippen molar-refractivity contribution < 1.29 is 18.0 Å². The number of rotatable bonds is 5. The molecule has 2 aromatic rings. The Morgan fingerprint density at radius 2 is 1.46 bits per heavy atom. The molecule has 0 aliphatic rings. The van der Waals surface area contributed by atoms with Gasteiger partial charge >= 0.3 is 6.18 Å². The average Bonchev–Trinajstić information content (AvgIpc) is 2.53. The summed E-state index contributed by atoms with van der Waals surface area (Å²) in [5.74, 6) is -0.112. The fourth-order valence-electron chi connectivity index (χ4n) is 2.09. The second-order valence-corrected chi connectivity index (χ2v) is 5.09. The third kappa shape index (κ3) is 5.54. The highest BCUT2D eigenvalue weighted by Crippen LogP contribution is 2.30. The van der Waals surface area contributed by atoms with Crippen LogP contribution in [0.2, 0.25) is 0 Å². The number of carbonyl (C=O) groups excluding carboxylic acids is 1. The van der Waals surface area contributed by atoms with Crippen LogP contribution >= 0.6 is 12.4 Å². The molecule has 0 atom stereocenters. The van der Waals surface area contributed by atoms with Crippen LogP contribution in [0.25, 0.3) is 11.1 Å². The van der Waals surface area contributed by atoms with E-state index < -0.39 is 11.7 Å². The number of nitrogens with two attached hydrogens (primary N) is 1. The second-order valence-electron chi connectivity index (χ2n) is 5.09. The van der Waals surface area contributed by atoms with Gasteiger partial charge in [-0.3, -0.25) is 4.79 Å². The third-order valence-corrected chi connectivity index (χ3v) is 3.36. The lowest BCUT2D eigenvalue weighted by Crippen LogP contribution is -2.24. The van der Waals surface area contributed by atoms with E-state index in [-0.39, 0.29) is 24.7 Å². The van der Waals surface area contributed by atoms with Crippen LogP contribution in [-0.2, 0) is 17.5 Å². The Balaban J connectivity index is 0.00000288. The maximum atomic E-state index is 12.5. The van der Waals surface area contributed by atoms with E-state index in [2.05, 4.69) is 5.32 Å². The molecule has 0 bridgehead atoms. The summed E-state index contributed by atoms with van der Waals surface area (Å²) in [6.45, 7) is 0.699. The third-order valence-electron chi connectivity index (χ3n) is 3.36. The first-order valence-corrected chi connectivity index (χ1v) is 7.13. The molecule has 1 amide bonds. The number of amides is 1. The highest BCUT2D eigenvalue weighted by Gasteiger charge is 2.29. The second kappa shape index (κ2) is 8.70. The summed E-state index contributed by atoms with van der Waals surface area (Å²) >= 11 is 0. The number of hydrogen-bond acceptors (Lipinski definition) is 2. The van der Waals surface area contributed by atoms with Crippen molar-refractivity contribution in [2.75, 3.05) is 6.54 Å². The van der Waals surface area contributed by atoms with Crippen LogP contribution in [0.15, 0.2) is 48.5 Å². The largest absolute Gasteiger partial charge is 0.416 e. The zero-order valence-corrected chi connectivity index (χ0v) is 13.6. The van der Waals surface area contributed by atoms with E-state index in [1.165, 1.54) is 12.1 Å². The number of halogens is 4. The van der Waals surface area contributed by atoms with Gasteiger partial charge in [0.2, 0.25) is 5.91 Å². The molecule has 0 saturated heterocycles. The standard InChI is InChI=1S/C17H17F3N2O.ClH/c18-17(19,20)15-7-5-14(6-8-15)13-3-1-12(2-4-13)11-22-16(23)9-10-21;/h1-8H,9-11,21H2,(H,22,23);1H. The summed E-state index contributed by atoms with van der Waals surface area (Å²) in [5.41, 5.74) is 7.05. The van der Waals surface area contributed by atoms with Crippen molar-refractivity contribution in [3.05, 3.63) is 59.7 Å². The zero-order valence-electron chi connectivity index (χ0n) is 12.8. The summed E-state index contributed by atoms with van der Waals surface area (Å²) in [6, 6.07) is 12.3. The quantitative estimate of drug-likeness (QED) is 0.855. The molecular weight excluding hydrogens is 341 g/mol. The van der Waals surface area contributed by atoms with Crippen LogP contribution in [0.4, 0.5) is 13.2 Å².